The zero-order chi connectivity index (χ0) is 15.2. The largest absolute Gasteiger partial charge is 0.480 e. The smallest absolute Gasteiger partial charge is 0.326 e. The van der Waals surface area contributed by atoms with E-state index in [1.54, 1.807) is 6.20 Å². The number of carbonyl (C=O) groups is 2. The van der Waals surface area contributed by atoms with Crippen LogP contribution < -0.4 is 11.1 Å². The van der Waals surface area contributed by atoms with Gasteiger partial charge in [0.05, 0.1) is 18.7 Å². The van der Waals surface area contributed by atoms with E-state index in [1.165, 1.54) is 18.9 Å². The van der Waals surface area contributed by atoms with Gasteiger partial charge in [-0.15, -0.1) is 37.2 Å². The molecule has 0 aliphatic rings. The van der Waals surface area contributed by atoms with Crippen molar-refractivity contribution in [3.63, 3.8) is 0 Å². The first-order valence-electron chi connectivity index (χ1n) is 6.29. The van der Waals surface area contributed by atoms with Gasteiger partial charge in [-0.1, -0.05) is 0 Å². The maximum absolute atomic E-state index is 12.0. The number of carbonyl (C=O) groups excluding carboxylic acids is 1. The van der Waals surface area contributed by atoms with Crippen molar-refractivity contribution in [2.24, 2.45) is 5.73 Å². The van der Waals surface area contributed by atoms with E-state index in [2.05, 4.69) is 25.3 Å². The summed E-state index contributed by atoms with van der Waals surface area (Å²) < 4.78 is 0. The molecule has 0 aromatic carbocycles. The van der Waals surface area contributed by atoms with Crippen LogP contribution in [-0.4, -0.2) is 49.0 Å². The number of carboxylic acids is 1. The average molecular weight is 402 g/mol. The quantitative estimate of drug-likeness (QED) is 0.443. The summed E-state index contributed by atoms with van der Waals surface area (Å²) >= 11 is 0. The van der Waals surface area contributed by atoms with Gasteiger partial charge in [0.1, 0.15) is 6.04 Å². The zero-order valence-corrected chi connectivity index (χ0v) is 14.8. The highest BCUT2D eigenvalue weighted by Gasteiger charge is 2.24. The Morgan fingerprint density at radius 2 is 1.58 bits per heavy atom. The number of hydrogen-bond donors (Lipinski definition) is 5. The fourth-order valence-corrected chi connectivity index (χ4v) is 1.82. The Morgan fingerprint density at radius 3 is 2.00 bits per heavy atom. The molecule has 6 N–H and O–H groups in total. The van der Waals surface area contributed by atoms with Crippen LogP contribution in [0.1, 0.15) is 11.4 Å². The summed E-state index contributed by atoms with van der Waals surface area (Å²) in [4.78, 5) is 36.4. The Hall–Kier alpha value is -1.81. The molecule has 0 bridgehead atoms. The van der Waals surface area contributed by atoms with Gasteiger partial charge in [-0.3, -0.25) is 4.79 Å². The molecule has 24 heavy (non-hydrogen) atoms. The van der Waals surface area contributed by atoms with E-state index in [0.717, 1.165) is 0 Å². The van der Waals surface area contributed by atoms with Gasteiger partial charge in [-0.05, 0) is 0 Å². The number of imidazole rings is 2. The number of H-pyrrole nitrogens is 2. The van der Waals surface area contributed by atoms with Gasteiger partial charge in [0.25, 0.3) is 0 Å². The maximum Gasteiger partial charge on any atom is 0.326 e. The minimum atomic E-state index is -1.13. The number of nitrogens with zero attached hydrogens (tertiary/aromatic N) is 2. The van der Waals surface area contributed by atoms with Crippen LogP contribution in [0.3, 0.4) is 0 Å². The number of aromatic amines is 2. The van der Waals surface area contributed by atoms with E-state index >= 15 is 0 Å². The van der Waals surface area contributed by atoms with E-state index in [9.17, 15) is 9.59 Å². The molecule has 9 nitrogen and oxygen atoms in total. The predicted molar refractivity (Wildman–Crippen MR) is 93.9 cm³/mol. The SMILES string of the molecule is Cl.Cl.Cl.NC(Cc1cnc[nH]1)C(=O)NC(Cc1cnc[nH]1)C(=O)O. The molecule has 0 aliphatic carbocycles. The van der Waals surface area contributed by atoms with Crippen molar-refractivity contribution in [3.8, 4) is 0 Å². The highest BCUT2D eigenvalue weighted by atomic mass is 35.5. The average Bonchev–Trinajstić information content (AvgIpc) is 3.10. The molecule has 0 saturated heterocycles. The fourth-order valence-electron chi connectivity index (χ4n) is 1.82. The van der Waals surface area contributed by atoms with Crippen molar-refractivity contribution < 1.29 is 14.7 Å². The summed E-state index contributed by atoms with van der Waals surface area (Å²) in [5.74, 6) is -1.66. The number of nitrogens with two attached hydrogens (primary N) is 1. The summed E-state index contributed by atoms with van der Waals surface area (Å²) in [5.41, 5.74) is 7.08. The lowest BCUT2D eigenvalue weighted by Gasteiger charge is -2.17. The lowest BCUT2D eigenvalue weighted by atomic mass is 10.1. The first-order valence-corrected chi connectivity index (χ1v) is 6.29. The van der Waals surface area contributed by atoms with E-state index in [-0.39, 0.29) is 50.1 Å². The number of aliphatic carboxylic acids is 1. The van der Waals surface area contributed by atoms with Gasteiger partial charge in [0.2, 0.25) is 5.91 Å². The summed E-state index contributed by atoms with van der Waals surface area (Å²) in [5, 5.41) is 11.6. The van der Waals surface area contributed by atoms with Crippen molar-refractivity contribution in [1.29, 1.82) is 0 Å². The molecular weight excluding hydrogens is 383 g/mol. The second-order valence-electron chi connectivity index (χ2n) is 4.57. The topological polar surface area (TPSA) is 150 Å². The van der Waals surface area contributed by atoms with Crippen LogP contribution in [0, 0.1) is 0 Å². The van der Waals surface area contributed by atoms with Gasteiger partial charge in [-0.25, -0.2) is 14.8 Å². The van der Waals surface area contributed by atoms with Crippen molar-refractivity contribution in [3.05, 3.63) is 36.4 Å². The number of halogens is 3. The van der Waals surface area contributed by atoms with Crippen LogP contribution in [0.5, 0.6) is 0 Å². The fraction of sp³-hybridized carbons (Fsp3) is 0.333. The van der Waals surface area contributed by atoms with E-state index in [4.69, 9.17) is 10.8 Å². The molecular formula is C12H19Cl3N6O3. The summed E-state index contributed by atoms with van der Waals surface area (Å²) in [6, 6.07) is -1.92. The lowest BCUT2D eigenvalue weighted by Crippen LogP contribution is -2.50. The molecule has 0 spiro atoms. The van der Waals surface area contributed by atoms with Crippen LogP contribution in [0.4, 0.5) is 0 Å². The van der Waals surface area contributed by atoms with Crippen molar-refractivity contribution in [2.45, 2.75) is 24.9 Å². The number of nitrogens with one attached hydrogen (secondary N) is 3. The molecule has 12 heteroatoms. The molecule has 2 aromatic rings. The molecule has 2 aromatic heterocycles. The summed E-state index contributed by atoms with van der Waals surface area (Å²) in [7, 11) is 0. The number of amides is 1. The first kappa shape index (κ1) is 24.4. The minimum Gasteiger partial charge on any atom is -0.480 e. The predicted octanol–water partition coefficient (Wildman–Crippen LogP) is 0.0801. The molecule has 0 radical (unpaired) electrons. The van der Waals surface area contributed by atoms with Gasteiger partial charge in [0.15, 0.2) is 0 Å². The highest BCUT2D eigenvalue weighted by molar-refractivity contribution is 5.87. The molecule has 1 amide bonds. The van der Waals surface area contributed by atoms with E-state index in [0.29, 0.717) is 11.4 Å². The normalized spacial score (nSPS) is 11.9. The minimum absolute atomic E-state index is 0. The third-order valence-electron chi connectivity index (χ3n) is 2.92. The molecule has 2 atom stereocenters. The second-order valence-corrected chi connectivity index (χ2v) is 4.57. The third kappa shape index (κ3) is 7.18. The van der Waals surface area contributed by atoms with Crippen molar-refractivity contribution in [2.75, 3.05) is 0 Å². The Morgan fingerprint density at radius 1 is 1.08 bits per heavy atom. The standard InChI is InChI=1S/C12H16N6O3.3ClH/c13-9(1-7-3-14-5-16-7)11(19)18-10(12(20)21)2-8-4-15-6-17-8;;;/h3-6,9-10H,1-2,13H2,(H,14,16)(H,15,17)(H,18,19)(H,20,21);3*1H. The Kier molecular flexibility index (Phi) is 11.9. The molecule has 136 valence electrons. The van der Waals surface area contributed by atoms with Crippen molar-refractivity contribution >= 4 is 49.1 Å². The highest BCUT2D eigenvalue weighted by Crippen LogP contribution is 2.01. The van der Waals surface area contributed by atoms with Crippen LogP contribution in [-0.2, 0) is 22.4 Å². The van der Waals surface area contributed by atoms with Gasteiger partial charge in [-0.2, -0.15) is 0 Å². The zero-order valence-electron chi connectivity index (χ0n) is 12.3. The Bertz CT molecular complexity index is 593. The summed E-state index contributed by atoms with van der Waals surface area (Å²) in [6.07, 6.45) is 6.36. The third-order valence-corrected chi connectivity index (χ3v) is 2.92. The van der Waals surface area contributed by atoms with Gasteiger partial charge >= 0.3 is 5.97 Å². The van der Waals surface area contributed by atoms with Crippen LogP contribution in [0.2, 0.25) is 0 Å². The van der Waals surface area contributed by atoms with Gasteiger partial charge in [0, 0.05) is 36.6 Å². The molecule has 2 rings (SSSR count). The first-order chi connectivity index (χ1) is 10.1. The number of rotatable bonds is 7. The molecule has 0 fully saturated rings. The summed E-state index contributed by atoms with van der Waals surface area (Å²) in [6.45, 7) is 0. The Labute approximate surface area is 156 Å². The lowest BCUT2D eigenvalue weighted by molar-refractivity contribution is -0.142. The number of carboxylic acid groups (broad SMARTS) is 1. The Balaban J connectivity index is 0. The monoisotopic (exact) mass is 400 g/mol. The molecule has 2 unspecified atom stereocenters. The van der Waals surface area contributed by atoms with E-state index in [1.807, 2.05) is 0 Å². The second kappa shape index (κ2) is 11.7. The van der Waals surface area contributed by atoms with E-state index < -0.39 is 24.0 Å². The number of hydrogen-bond acceptors (Lipinski definition) is 5. The molecule has 0 aliphatic heterocycles. The molecule has 2 heterocycles. The van der Waals surface area contributed by atoms with Crippen molar-refractivity contribution in [1.82, 2.24) is 25.3 Å². The number of aromatic nitrogens is 4. The van der Waals surface area contributed by atoms with Crippen LogP contribution in [0.25, 0.3) is 0 Å². The van der Waals surface area contributed by atoms with Gasteiger partial charge < -0.3 is 26.1 Å². The van der Waals surface area contributed by atoms with Crippen LogP contribution in [0.15, 0.2) is 25.0 Å². The maximum atomic E-state index is 12.0. The van der Waals surface area contributed by atoms with Crippen LogP contribution >= 0.6 is 37.2 Å². The molecule has 0 saturated carbocycles.